The van der Waals surface area contributed by atoms with Gasteiger partial charge < -0.3 is 14.9 Å². The molecule has 0 unspecified atom stereocenters. The lowest BCUT2D eigenvalue weighted by Gasteiger charge is -2.10. The van der Waals surface area contributed by atoms with Gasteiger partial charge in [-0.1, -0.05) is 23.7 Å². The fraction of sp³-hybridized carbons (Fsp3) is 0.176. The number of ether oxygens (including phenoxy) is 1. The first-order chi connectivity index (χ1) is 14.1. The molecule has 13 heteroatoms. The maximum absolute atomic E-state index is 13.1. The zero-order valence-corrected chi connectivity index (χ0v) is 15.9. The zero-order chi connectivity index (χ0) is 22.1. The number of hydrogen-bond donors (Lipinski definition) is 3. The molecule has 3 rings (SSSR count). The van der Waals surface area contributed by atoms with E-state index < -0.39 is 42.1 Å². The molecule has 0 spiro atoms. The average molecular weight is 444 g/mol. The number of aromatic hydroxyl groups is 2. The van der Waals surface area contributed by atoms with E-state index in [2.05, 4.69) is 20.4 Å². The zero-order valence-electron chi connectivity index (χ0n) is 15.1. The van der Waals surface area contributed by atoms with Crippen LogP contribution in [0.5, 0.6) is 17.6 Å². The van der Waals surface area contributed by atoms with Gasteiger partial charge in [-0.2, -0.15) is 32.9 Å². The average Bonchev–Trinajstić information content (AvgIpc) is 3.09. The Kier molecular flexibility index (Phi) is 5.69. The van der Waals surface area contributed by atoms with Crippen molar-refractivity contribution in [2.45, 2.75) is 13.1 Å². The Morgan fingerprint density at radius 2 is 1.87 bits per heavy atom. The monoisotopic (exact) mass is 443 g/mol. The molecule has 9 nitrogen and oxygen atoms in total. The molecule has 0 saturated heterocycles. The molecule has 2 aromatic heterocycles. The number of hydrogen-bond acceptors (Lipinski definition) is 7. The van der Waals surface area contributed by atoms with Crippen molar-refractivity contribution in [2.24, 2.45) is 0 Å². The number of carbonyl (C=O) groups is 1. The quantitative estimate of drug-likeness (QED) is 0.553. The fourth-order valence-electron chi connectivity index (χ4n) is 2.25. The van der Waals surface area contributed by atoms with E-state index in [9.17, 15) is 28.2 Å². The molecule has 30 heavy (non-hydrogen) atoms. The predicted octanol–water partition coefficient (Wildman–Crippen LogP) is 3.07. The smallest absolute Gasteiger partial charge is 0.435 e. The number of halogens is 4. The molecule has 0 fully saturated rings. The lowest BCUT2D eigenvalue weighted by atomic mass is 10.3. The molecule has 0 aliphatic carbocycles. The van der Waals surface area contributed by atoms with Crippen LogP contribution in [0.3, 0.4) is 0 Å². The second kappa shape index (κ2) is 8.06. The number of amides is 1. The van der Waals surface area contributed by atoms with E-state index in [1.807, 2.05) is 0 Å². The molecule has 0 aliphatic heterocycles. The predicted molar refractivity (Wildman–Crippen MR) is 97.8 cm³/mol. The van der Waals surface area contributed by atoms with E-state index in [0.717, 1.165) is 4.68 Å². The van der Waals surface area contributed by atoms with Gasteiger partial charge in [0.1, 0.15) is 0 Å². The van der Waals surface area contributed by atoms with Crippen LogP contribution in [-0.2, 0) is 11.0 Å². The third-order valence-electron chi connectivity index (χ3n) is 3.74. The van der Waals surface area contributed by atoms with Crippen LogP contribution in [0.15, 0.2) is 30.3 Å². The molecule has 2 heterocycles. The molecule has 1 aromatic carbocycles. The summed E-state index contributed by atoms with van der Waals surface area (Å²) in [7, 11) is 0. The van der Waals surface area contributed by atoms with E-state index in [0.29, 0.717) is 6.07 Å². The SMILES string of the molecule is Cc1c(O)nc(NC(=O)COc2cc(C(F)(F)F)nn2-c2ccccc2Cl)nc1O. The van der Waals surface area contributed by atoms with Gasteiger partial charge in [-0.3, -0.25) is 10.1 Å². The molecule has 0 atom stereocenters. The summed E-state index contributed by atoms with van der Waals surface area (Å²) >= 11 is 6.03. The highest BCUT2D eigenvalue weighted by molar-refractivity contribution is 6.32. The number of aromatic nitrogens is 4. The van der Waals surface area contributed by atoms with Crippen LogP contribution in [-0.4, -0.2) is 42.5 Å². The Morgan fingerprint density at radius 1 is 1.23 bits per heavy atom. The topological polar surface area (TPSA) is 122 Å². The van der Waals surface area contributed by atoms with Crippen molar-refractivity contribution in [3.05, 3.63) is 46.6 Å². The van der Waals surface area contributed by atoms with Crippen LogP contribution in [0.4, 0.5) is 19.1 Å². The summed E-state index contributed by atoms with van der Waals surface area (Å²) in [4.78, 5) is 19.2. The third kappa shape index (κ3) is 4.54. The Morgan fingerprint density at radius 3 is 2.47 bits per heavy atom. The summed E-state index contributed by atoms with van der Waals surface area (Å²) in [6, 6.07) is 6.63. The van der Waals surface area contributed by atoms with Crippen LogP contribution >= 0.6 is 11.6 Å². The second-order valence-electron chi connectivity index (χ2n) is 5.89. The van der Waals surface area contributed by atoms with Crippen LogP contribution in [0, 0.1) is 6.92 Å². The Labute approximate surface area is 171 Å². The number of rotatable bonds is 5. The van der Waals surface area contributed by atoms with E-state index in [-0.39, 0.29) is 22.2 Å². The van der Waals surface area contributed by atoms with Crippen LogP contribution in [0.1, 0.15) is 11.3 Å². The minimum absolute atomic E-state index is 0.00701. The summed E-state index contributed by atoms with van der Waals surface area (Å²) in [5.41, 5.74) is -1.12. The second-order valence-corrected chi connectivity index (χ2v) is 6.29. The molecular formula is C17H13ClF3N5O4. The molecule has 0 bridgehead atoms. The van der Waals surface area contributed by atoms with E-state index in [1.165, 1.54) is 19.1 Å². The summed E-state index contributed by atoms with van der Waals surface area (Å²) < 4.78 is 45.3. The maximum atomic E-state index is 13.1. The van der Waals surface area contributed by atoms with Gasteiger partial charge in [0.05, 0.1) is 16.3 Å². The number of benzene rings is 1. The maximum Gasteiger partial charge on any atom is 0.435 e. The van der Waals surface area contributed by atoms with Gasteiger partial charge in [0, 0.05) is 6.07 Å². The van der Waals surface area contributed by atoms with Gasteiger partial charge in [0.25, 0.3) is 5.91 Å². The first-order valence-corrected chi connectivity index (χ1v) is 8.55. The molecule has 1 amide bonds. The molecule has 3 aromatic rings. The Balaban J connectivity index is 1.81. The van der Waals surface area contributed by atoms with E-state index >= 15 is 0 Å². The largest absolute Gasteiger partial charge is 0.493 e. The van der Waals surface area contributed by atoms with Gasteiger partial charge in [-0.05, 0) is 19.1 Å². The number of nitrogens with zero attached hydrogens (tertiary/aromatic N) is 4. The van der Waals surface area contributed by atoms with Crippen LogP contribution < -0.4 is 10.1 Å². The molecule has 3 N–H and O–H groups in total. The Hall–Kier alpha value is -3.54. The van der Waals surface area contributed by atoms with Gasteiger partial charge >= 0.3 is 6.18 Å². The van der Waals surface area contributed by atoms with Crippen molar-refractivity contribution in [1.82, 2.24) is 19.7 Å². The molecule has 0 saturated carbocycles. The normalized spacial score (nSPS) is 11.4. The molecule has 0 aliphatic rings. The van der Waals surface area contributed by atoms with Gasteiger partial charge in [0.2, 0.25) is 23.6 Å². The van der Waals surface area contributed by atoms with Crippen molar-refractivity contribution in [3.63, 3.8) is 0 Å². The number of alkyl halides is 3. The molecule has 0 radical (unpaired) electrons. The minimum Gasteiger partial charge on any atom is -0.493 e. The summed E-state index contributed by atoms with van der Waals surface area (Å²) in [6.45, 7) is 0.611. The van der Waals surface area contributed by atoms with Crippen molar-refractivity contribution in [2.75, 3.05) is 11.9 Å². The summed E-state index contributed by atoms with van der Waals surface area (Å²) in [6.07, 6.45) is -4.75. The Bertz CT molecular complexity index is 1080. The van der Waals surface area contributed by atoms with Gasteiger partial charge in [-0.25, -0.2) is 0 Å². The number of carbonyl (C=O) groups excluding carboxylic acids is 1. The highest BCUT2D eigenvalue weighted by Gasteiger charge is 2.36. The van der Waals surface area contributed by atoms with Gasteiger partial charge in [-0.15, -0.1) is 0 Å². The lowest BCUT2D eigenvalue weighted by molar-refractivity contribution is -0.141. The third-order valence-corrected chi connectivity index (χ3v) is 4.06. The lowest BCUT2D eigenvalue weighted by Crippen LogP contribution is -2.22. The van der Waals surface area contributed by atoms with E-state index in [4.69, 9.17) is 16.3 Å². The summed E-state index contributed by atoms with van der Waals surface area (Å²) in [5.74, 6) is -2.77. The highest BCUT2D eigenvalue weighted by Crippen LogP contribution is 2.33. The fourth-order valence-corrected chi connectivity index (χ4v) is 2.47. The first kappa shape index (κ1) is 21.2. The van der Waals surface area contributed by atoms with Crippen molar-refractivity contribution >= 4 is 23.5 Å². The highest BCUT2D eigenvalue weighted by atomic mass is 35.5. The number of nitrogens with one attached hydrogen (secondary N) is 1. The van der Waals surface area contributed by atoms with Crippen molar-refractivity contribution in [3.8, 4) is 23.3 Å². The standard InChI is InChI=1S/C17H13ClF3N5O4/c1-8-14(28)23-16(24-15(8)29)22-12(27)7-30-13-6-11(17(19,20)21)25-26(13)10-5-3-2-4-9(10)18/h2-6H,7H2,1H3,(H3,22,23,24,27,28,29). The van der Waals surface area contributed by atoms with Crippen molar-refractivity contribution in [1.29, 1.82) is 0 Å². The minimum atomic E-state index is -4.75. The van der Waals surface area contributed by atoms with Crippen LogP contribution in [0.25, 0.3) is 5.69 Å². The van der Waals surface area contributed by atoms with Gasteiger partial charge in [0.15, 0.2) is 12.3 Å². The summed E-state index contributed by atoms with van der Waals surface area (Å²) in [5, 5.41) is 24.8. The van der Waals surface area contributed by atoms with Crippen LogP contribution in [0.2, 0.25) is 5.02 Å². The van der Waals surface area contributed by atoms with E-state index in [1.54, 1.807) is 12.1 Å². The number of anilines is 1. The first-order valence-electron chi connectivity index (χ1n) is 8.17. The molecular weight excluding hydrogens is 431 g/mol. The number of para-hydroxylation sites is 1. The molecule has 158 valence electrons. The van der Waals surface area contributed by atoms with Crippen molar-refractivity contribution < 1.29 is 32.9 Å².